The second kappa shape index (κ2) is 14.5. The van der Waals surface area contributed by atoms with Crippen molar-refractivity contribution in [1.29, 1.82) is 0 Å². The Balaban J connectivity index is 1.73. The van der Waals surface area contributed by atoms with Crippen LogP contribution < -0.4 is 18.9 Å². The summed E-state index contributed by atoms with van der Waals surface area (Å²) >= 11 is 0. The summed E-state index contributed by atoms with van der Waals surface area (Å²) in [7, 11) is 0. The van der Waals surface area contributed by atoms with Crippen LogP contribution in [0.4, 0.5) is 0 Å². The number of benzene rings is 3. The van der Waals surface area contributed by atoms with Gasteiger partial charge < -0.3 is 29.2 Å². The SMILES string of the molecule is CC(C)(C)c1cc(OCCOc2cc(C(=O)O)c(OCCOc3cc(C(C)(C)C)cc(C(C)(C)C)c3)cc2C(=O)O)cc(C(C)(C)C)c1. The maximum absolute atomic E-state index is 12.2. The van der Waals surface area contributed by atoms with E-state index in [-0.39, 0.29) is 70.7 Å². The molecule has 0 unspecified atom stereocenters. The van der Waals surface area contributed by atoms with E-state index in [9.17, 15) is 19.8 Å². The number of rotatable bonds is 12. The van der Waals surface area contributed by atoms with Gasteiger partial charge in [0, 0.05) is 0 Å². The standard InChI is InChI=1S/C40H54O8/c1-37(2,3)25-17-26(38(4,5)6)20-29(19-25)45-13-15-47-33-23-32(36(43)44)34(24-31(33)35(41)42)48-16-14-46-30-21-27(39(7,8)9)18-28(22-30)40(10,11)12/h17-24H,13-16H2,1-12H3,(H,41,42)(H,43,44). The number of ether oxygens (including phenoxy) is 4. The third kappa shape index (κ3) is 10.4. The molecule has 8 heteroatoms. The second-order valence-electron chi connectivity index (χ2n) is 16.3. The number of carboxylic acid groups (broad SMARTS) is 2. The quantitative estimate of drug-likeness (QED) is 0.185. The van der Waals surface area contributed by atoms with Gasteiger partial charge in [0.1, 0.15) is 60.6 Å². The molecular weight excluding hydrogens is 608 g/mol. The van der Waals surface area contributed by atoms with Gasteiger partial charge in [-0.25, -0.2) is 9.59 Å². The van der Waals surface area contributed by atoms with E-state index in [4.69, 9.17) is 18.9 Å². The Morgan fingerprint density at radius 2 is 0.688 bits per heavy atom. The summed E-state index contributed by atoms with van der Waals surface area (Å²) in [5.74, 6) is -1.34. The number of hydrogen-bond donors (Lipinski definition) is 2. The van der Waals surface area contributed by atoms with Crippen molar-refractivity contribution in [1.82, 2.24) is 0 Å². The largest absolute Gasteiger partial charge is 0.490 e. The van der Waals surface area contributed by atoms with E-state index >= 15 is 0 Å². The molecule has 0 aliphatic heterocycles. The van der Waals surface area contributed by atoms with Crippen LogP contribution in [-0.4, -0.2) is 48.6 Å². The third-order valence-electron chi connectivity index (χ3n) is 8.04. The van der Waals surface area contributed by atoms with Gasteiger partial charge in [-0.2, -0.15) is 0 Å². The molecule has 0 radical (unpaired) electrons. The van der Waals surface area contributed by atoms with Crippen molar-refractivity contribution in [3.8, 4) is 23.0 Å². The van der Waals surface area contributed by atoms with E-state index in [1.54, 1.807) is 0 Å². The summed E-state index contributed by atoms with van der Waals surface area (Å²) in [5, 5.41) is 19.9. The molecule has 3 rings (SSSR count). The fourth-order valence-electron chi connectivity index (χ4n) is 4.85. The minimum atomic E-state index is -1.27. The fraction of sp³-hybridized carbons (Fsp3) is 0.500. The molecule has 3 aromatic carbocycles. The first kappa shape index (κ1) is 38.2. The van der Waals surface area contributed by atoms with Crippen LogP contribution in [-0.2, 0) is 21.7 Å². The molecule has 0 heterocycles. The maximum Gasteiger partial charge on any atom is 0.339 e. The van der Waals surface area contributed by atoms with Gasteiger partial charge >= 0.3 is 11.9 Å². The highest BCUT2D eigenvalue weighted by atomic mass is 16.5. The molecule has 8 nitrogen and oxygen atoms in total. The highest BCUT2D eigenvalue weighted by Crippen LogP contribution is 2.35. The number of carbonyl (C=O) groups is 2. The molecule has 48 heavy (non-hydrogen) atoms. The van der Waals surface area contributed by atoms with E-state index in [0.29, 0.717) is 11.5 Å². The van der Waals surface area contributed by atoms with Crippen molar-refractivity contribution in [2.75, 3.05) is 26.4 Å². The van der Waals surface area contributed by atoms with Gasteiger partial charge in [-0.05, 0) is 80.3 Å². The summed E-state index contributed by atoms with van der Waals surface area (Å²) in [6.45, 7) is 26.0. The first-order chi connectivity index (χ1) is 22.0. The molecular formula is C40H54O8. The molecule has 0 saturated carbocycles. The average molecular weight is 663 g/mol. The van der Waals surface area contributed by atoms with Crippen LogP contribution in [0.25, 0.3) is 0 Å². The predicted octanol–water partition coefficient (Wildman–Crippen LogP) is 9.19. The Kier molecular flexibility index (Phi) is 11.6. The van der Waals surface area contributed by atoms with Crippen molar-refractivity contribution in [3.05, 3.63) is 81.9 Å². The lowest BCUT2D eigenvalue weighted by Gasteiger charge is -2.26. The fourth-order valence-corrected chi connectivity index (χ4v) is 4.85. The summed E-state index contributed by atoms with van der Waals surface area (Å²) < 4.78 is 23.6. The summed E-state index contributed by atoms with van der Waals surface area (Å²) in [4.78, 5) is 24.3. The molecule has 3 aromatic rings. The monoisotopic (exact) mass is 662 g/mol. The minimum absolute atomic E-state index is 0.00215. The summed E-state index contributed by atoms with van der Waals surface area (Å²) in [5.41, 5.74) is 3.80. The topological polar surface area (TPSA) is 112 Å². The maximum atomic E-state index is 12.2. The predicted molar refractivity (Wildman–Crippen MR) is 190 cm³/mol. The molecule has 0 amide bonds. The Hall–Kier alpha value is -4.20. The molecule has 0 aliphatic carbocycles. The summed E-state index contributed by atoms with van der Waals surface area (Å²) in [6, 6.07) is 14.8. The summed E-state index contributed by atoms with van der Waals surface area (Å²) in [6.07, 6.45) is 0. The average Bonchev–Trinajstić information content (AvgIpc) is 2.95. The van der Waals surface area contributed by atoms with E-state index in [0.717, 1.165) is 22.3 Å². The van der Waals surface area contributed by atoms with Crippen molar-refractivity contribution in [3.63, 3.8) is 0 Å². The zero-order valence-electron chi connectivity index (χ0n) is 30.8. The molecule has 0 saturated heterocycles. The highest BCUT2D eigenvalue weighted by molar-refractivity contribution is 5.97. The Labute approximate surface area is 286 Å². The first-order valence-corrected chi connectivity index (χ1v) is 16.4. The van der Waals surface area contributed by atoms with Crippen molar-refractivity contribution >= 4 is 11.9 Å². The molecule has 0 aliphatic rings. The van der Waals surface area contributed by atoms with Crippen LogP contribution in [0.2, 0.25) is 0 Å². The van der Waals surface area contributed by atoms with Crippen molar-refractivity contribution < 1.29 is 38.7 Å². The number of hydrogen-bond acceptors (Lipinski definition) is 6. The van der Waals surface area contributed by atoms with Crippen LogP contribution in [0.3, 0.4) is 0 Å². The van der Waals surface area contributed by atoms with Gasteiger partial charge in [-0.3, -0.25) is 0 Å². The Morgan fingerprint density at radius 3 is 0.917 bits per heavy atom. The molecule has 0 bridgehead atoms. The first-order valence-electron chi connectivity index (χ1n) is 16.4. The van der Waals surface area contributed by atoms with Gasteiger partial charge in [-0.15, -0.1) is 0 Å². The molecule has 0 atom stereocenters. The van der Waals surface area contributed by atoms with Crippen molar-refractivity contribution in [2.45, 2.75) is 105 Å². The van der Waals surface area contributed by atoms with Crippen LogP contribution in [0, 0.1) is 0 Å². The molecule has 0 fully saturated rings. The number of aromatic carboxylic acids is 2. The van der Waals surface area contributed by atoms with Gasteiger partial charge in [0.05, 0.1) is 0 Å². The Bertz CT molecular complexity index is 1420. The van der Waals surface area contributed by atoms with E-state index in [2.05, 4.69) is 95.2 Å². The Morgan fingerprint density at radius 1 is 0.438 bits per heavy atom. The number of carboxylic acids is 2. The minimum Gasteiger partial charge on any atom is -0.490 e. The van der Waals surface area contributed by atoms with E-state index in [1.807, 2.05) is 24.3 Å². The second-order valence-corrected chi connectivity index (χ2v) is 16.3. The molecule has 0 spiro atoms. The van der Waals surface area contributed by atoms with Crippen LogP contribution >= 0.6 is 0 Å². The van der Waals surface area contributed by atoms with Crippen LogP contribution in [0.1, 0.15) is 126 Å². The van der Waals surface area contributed by atoms with E-state index < -0.39 is 11.9 Å². The molecule has 0 aromatic heterocycles. The molecule has 262 valence electrons. The lowest BCUT2D eigenvalue weighted by atomic mass is 9.80. The van der Waals surface area contributed by atoms with Crippen LogP contribution in [0.15, 0.2) is 48.5 Å². The van der Waals surface area contributed by atoms with Crippen molar-refractivity contribution in [2.24, 2.45) is 0 Å². The third-order valence-corrected chi connectivity index (χ3v) is 8.04. The van der Waals surface area contributed by atoms with Gasteiger partial charge in [0.25, 0.3) is 0 Å². The molecule has 2 N–H and O–H groups in total. The normalized spacial score (nSPS) is 12.4. The lowest BCUT2D eigenvalue weighted by Crippen LogP contribution is -2.18. The van der Waals surface area contributed by atoms with Gasteiger partial charge in [-0.1, -0.05) is 95.2 Å². The zero-order chi connectivity index (χ0) is 36.2. The van der Waals surface area contributed by atoms with E-state index in [1.165, 1.54) is 12.1 Å². The zero-order valence-corrected chi connectivity index (χ0v) is 30.8. The lowest BCUT2D eigenvalue weighted by molar-refractivity contribution is 0.0671. The smallest absolute Gasteiger partial charge is 0.339 e. The van der Waals surface area contributed by atoms with Gasteiger partial charge in [0.15, 0.2) is 0 Å². The van der Waals surface area contributed by atoms with Crippen LogP contribution in [0.5, 0.6) is 23.0 Å². The van der Waals surface area contributed by atoms with Gasteiger partial charge in [0.2, 0.25) is 0 Å². The highest BCUT2D eigenvalue weighted by Gasteiger charge is 2.24.